The Morgan fingerprint density at radius 1 is 1.08 bits per heavy atom. The number of anilines is 1. The number of hydrogen-bond acceptors (Lipinski definition) is 4. The van der Waals surface area contributed by atoms with Crippen LogP contribution in [0.15, 0.2) is 30.4 Å². The number of imide groups is 1. The monoisotopic (exact) mass is 344 g/mol. The third-order valence-electron chi connectivity index (χ3n) is 6.04. The van der Waals surface area contributed by atoms with Crippen molar-refractivity contribution in [3.05, 3.63) is 45.5 Å². The average molecular weight is 345 g/mol. The van der Waals surface area contributed by atoms with Crippen LogP contribution >= 0.6 is 11.6 Å². The number of hydrogen-bond donors (Lipinski definition) is 0. The lowest BCUT2D eigenvalue weighted by Gasteiger charge is -2.37. The number of halogens is 1. The predicted octanol–water partition coefficient (Wildman–Crippen LogP) is 2.81. The number of nitro groups is 1. The van der Waals surface area contributed by atoms with E-state index in [0.29, 0.717) is 11.8 Å². The summed E-state index contributed by atoms with van der Waals surface area (Å²) in [5.41, 5.74) is -0.0582. The summed E-state index contributed by atoms with van der Waals surface area (Å²) >= 11 is 6.15. The van der Waals surface area contributed by atoms with Crippen LogP contribution in [-0.2, 0) is 9.59 Å². The van der Waals surface area contributed by atoms with Gasteiger partial charge in [-0.15, -0.1) is 0 Å². The first-order chi connectivity index (χ1) is 11.5. The van der Waals surface area contributed by atoms with Crippen LogP contribution in [0.4, 0.5) is 11.4 Å². The minimum absolute atomic E-state index is 0.115. The van der Waals surface area contributed by atoms with Crippen LogP contribution < -0.4 is 4.90 Å². The van der Waals surface area contributed by atoms with Crippen molar-refractivity contribution in [3.63, 3.8) is 0 Å². The first-order valence-corrected chi connectivity index (χ1v) is 8.37. The number of benzene rings is 1. The third kappa shape index (κ3) is 1.61. The van der Waals surface area contributed by atoms with Gasteiger partial charge >= 0.3 is 0 Å². The number of rotatable bonds is 2. The maximum atomic E-state index is 13.0. The van der Waals surface area contributed by atoms with Gasteiger partial charge in [-0.2, -0.15) is 0 Å². The molecule has 6 nitrogen and oxygen atoms in total. The summed E-state index contributed by atoms with van der Waals surface area (Å²) in [4.78, 5) is 37.5. The van der Waals surface area contributed by atoms with E-state index in [0.717, 1.165) is 11.3 Å². The lowest BCUT2D eigenvalue weighted by molar-refractivity contribution is -0.384. The molecule has 0 N–H and O–H groups in total. The van der Waals surface area contributed by atoms with Crippen LogP contribution in [0.3, 0.4) is 0 Å². The molecule has 1 saturated heterocycles. The minimum atomic E-state index is -0.557. The van der Waals surface area contributed by atoms with Crippen molar-refractivity contribution < 1.29 is 14.5 Å². The van der Waals surface area contributed by atoms with Gasteiger partial charge in [0.15, 0.2) is 0 Å². The number of nitrogens with zero attached hydrogens (tertiary/aromatic N) is 2. The normalized spacial score (nSPS) is 38.3. The second-order valence-electron chi connectivity index (χ2n) is 7.06. The van der Waals surface area contributed by atoms with Crippen LogP contribution in [-0.4, -0.2) is 16.7 Å². The van der Waals surface area contributed by atoms with Gasteiger partial charge in [-0.05, 0) is 36.2 Å². The molecule has 24 heavy (non-hydrogen) atoms. The highest BCUT2D eigenvalue weighted by Crippen LogP contribution is 2.65. The summed E-state index contributed by atoms with van der Waals surface area (Å²) in [5.74, 6) is 0.0391. The molecule has 1 aromatic rings. The van der Waals surface area contributed by atoms with Crippen LogP contribution in [0, 0.1) is 45.6 Å². The van der Waals surface area contributed by atoms with Gasteiger partial charge in [-0.3, -0.25) is 19.7 Å². The molecule has 2 amide bonds. The van der Waals surface area contributed by atoms with E-state index >= 15 is 0 Å². The van der Waals surface area contributed by atoms with Gasteiger partial charge < -0.3 is 0 Å². The summed E-state index contributed by atoms with van der Waals surface area (Å²) in [7, 11) is 0. The molecule has 2 saturated carbocycles. The quantitative estimate of drug-likeness (QED) is 0.357. The zero-order valence-corrected chi connectivity index (χ0v) is 13.2. The topological polar surface area (TPSA) is 80.5 Å². The summed E-state index contributed by atoms with van der Waals surface area (Å²) in [6.45, 7) is 0. The average Bonchev–Trinajstić information content (AvgIpc) is 3.33. The van der Waals surface area contributed by atoms with Crippen molar-refractivity contribution in [3.8, 4) is 0 Å². The summed E-state index contributed by atoms with van der Waals surface area (Å²) in [6, 6.07) is 3.85. The van der Waals surface area contributed by atoms with Gasteiger partial charge in [0.1, 0.15) is 0 Å². The Bertz CT molecular complexity index is 815. The first-order valence-electron chi connectivity index (χ1n) is 7.99. The smallest absolute Gasteiger partial charge is 0.271 e. The van der Waals surface area contributed by atoms with Crippen molar-refractivity contribution in [1.82, 2.24) is 0 Å². The van der Waals surface area contributed by atoms with Gasteiger partial charge in [-0.25, -0.2) is 4.90 Å². The number of allylic oxidation sites excluding steroid dienone is 2. The van der Waals surface area contributed by atoms with Gasteiger partial charge in [0.2, 0.25) is 11.8 Å². The molecule has 1 heterocycles. The first kappa shape index (κ1) is 14.2. The molecule has 0 radical (unpaired) electrons. The Morgan fingerprint density at radius 3 is 2.21 bits per heavy atom. The zero-order chi connectivity index (χ0) is 16.7. The highest BCUT2D eigenvalue weighted by Gasteiger charge is 2.67. The Morgan fingerprint density at radius 2 is 1.67 bits per heavy atom. The molecular weight excluding hydrogens is 332 g/mol. The fourth-order valence-electron chi connectivity index (χ4n) is 4.98. The molecular formula is C17H13ClN2O4. The molecule has 0 aromatic heterocycles. The van der Waals surface area contributed by atoms with Crippen LogP contribution in [0.2, 0.25) is 5.02 Å². The van der Waals surface area contributed by atoms with Crippen LogP contribution in [0.1, 0.15) is 6.42 Å². The molecule has 5 aliphatic rings. The van der Waals surface area contributed by atoms with Crippen molar-refractivity contribution in [2.75, 3.05) is 4.90 Å². The van der Waals surface area contributed by atoms with E-state index in [1.165, 1.54) is 18.2 Å². The van der Waals surface area contributed by atoms with Gasteiger partial charge in [0, 0.05) is 12.1 Å². The minimum Gasteiger partial charge on any atom is -0.274 e. The molecule has 3 fully saturated rings. The van der Waals surface area contributed by atoms with E-state index in [2.05, 4.69) is 12.2 Å². The molecule has 6 atom stereocenters. The molecule has 0 spiro atoms. The van der Waals surface area contributed by atoms with E-state index in [9.17, 15) is 19.7 Å². The Labute approximate surface area is 142 Å². The van der Waals surface area contributed by atoms with E-state index in [-0.39, 0.29) is 51.9 Å². The van der Waals surface area contributed by atoms with E-state index in [1.54, 1.807) is 0 Å². The number of non-ortho nitro benzene ring substituents is 1. The van der Waals surface area contributed by atoms with E-state index in [4.69, 9.17) is 11.6 Å². The molecule has 7 heteroatoms. The summed E-state index contributed by atoms with van der Waals surface area (Å²) < 4.78 is 0. The van der Waals surface area contributed by atoms with Gasteiger partial charge in [0.05, 0.1) is 27.5 Å². The SMILES string of the molecule is O=C1[C@@H]2[C@@H]3C=C[C@H]([C@@H]4C[C@H]34)[C@H]2C(=O)N1c1cc([N+](=O)[O-])ccc1Cl. The number of carbonyl (C=O) groups is 2. The summed E-state index contributed by atoms with van der Waals surface area (Å²) in [6.07, 6.45) is 5.26. The largest absolute Gasteiger partial charge is 0.274 e. The Balaban J connectivity index is 1.60. The maximum Gasteiger partial charge on any atom is 0.271 e. The molecule has 122 valence electrons. The third-order valence-corrected chi connectivity index (χ3v) is 6.36. The van der Waals surface area contributed by atoms with Gasteiger partial charge in [-0.1, -0.05) is 23.8 Å². The van der Waals surface area contributed by atoms with Crippen LogP contribution in [0.5, 0.6) is 0 Å². The molecule has 0 unspecified atom stereocenters. The number of nitro benzene ring substituents is 1. The fourth-order valence-corrected chi connectivity index (χ4v) is 5.18. The Kier molecular flexibility index (Phi) is 2.62. The lowest BCUT2D eigenvalue weighted by Crippen LogP contribution is -2.40. The van der Waals surface area contributed by atoms with Gasteiger partial charge in [0.25, 0.3) is 5.69 Å². The molecule has 4 aliphatic carbocycles. The van der Waals surface area contributed by atoms with E-state index < -0.39 is 4.92 Å². The molecule has 1 aromatic carbocycles. The number of carbonyl (C=O) groups excluding carboxylic acids is 2. The highest BCUT2D eigenvalue weighted by atomic mass is 35.5. The lowest BCUT2D eigenvalue weighted by atomic mass is 9.63. The van der Waals surface area contributed by atoms with E-state index in [1.807, 2.05) is 0 Å². The zero-order valence-electron chi connectivity index (χ0n) is 12.5. The summed E-state index contributed by atoms with van der Waals surface area (Å²) in [5, 5.41) is 11.2. The van der Waals surface area contributed by atoms with Crippen molar-refractivity contribution in [2.24, 2.45) is 35.5 Å². The second-order valence-corrected chi connectivity index (χ2v) is 7.47. The molecule has 2 bridgehead atoms. The van der Waals surface area contributed by atoms with Crippen molar-refractivity contribution >= 4 is 34.8 Å². The number of amides is 2. The highest BCUT2D eigenvalue weighted by molar-refractivity contribution is 6.36. The second kappa shape index (κ2) is 4.45. The van der Waals surface area contributed by atoms with Crippen LogP contribution in [0.25, 0.3) is 0 Å². The fraction of sp³-hybridized carbons (Fsp3) is 0.412. The van der Waals surface area contributed by atoms with Crippen molar-refractivity contribution in [1.29, 1.82) is 0 Å². The standard InChI is InChI=1S/C17H13ClN2O4/c18-12-4-1-7(20(23)24)5-13(12)19-16(21)14-8-2-3-9(11-6-10(8)11)15(14)17(19)22/h1-5,8-11,14-15H,6H2/t8-,9-,10-,11+,14-,15-/m1/s1. The maximum absolute atomic E-state index is 13.0. The van der Waals surface area contributed by atoms with Crippen molar-refractivity contribution in [2.45, 2.75) is 6.42 Å². The molecule has 1 aliphatic heterocycles. The molecule has 6 rings (SSSR count). The Hall–Kier alpha value is -2.21. The predicted molar refractivity (Wildman–Crippen MR) is 85.3 cm³/mol.